The van der Waals surface area contributed by atoms with E-state index in [1.165, 1.54) is 25.7 Å². The number of rotatable bonds is 3. The molecule has 4 atom stereocenters. The van der Waals surface area contributed by atoms with Gasteiger partial charge >= 0.3 is 0 Å². The van der Waals surface area contributed by atoms with E-state index in [-0.39, 0.29) is 18.7 Å². The molecule has 0 unspecified atom stereocenters. The van der Waals surface area contributed by atoms with Gasteiger partial charge in [-0.05, 0) is 62.1 Å². The van der Waals surface area contributed by atoms with E-state index < -0.39 is 0 Å². The highest BCUT2D eigenvalue weighted by Gasteiger charge is 2.42. The van der Waals surface area contributed by atoms with Gasteiger partial charge < -0.3 is 14.8 Å². The predicted molar refractivity (Wildman–Crippen MR) is 78.4 cm³/mol. The molecule has 1 heterocycles. The van der Waals surface area contributed by atoms with E-state index in [1.807, 2.05) is 0 Å². The third-order valence-corrected chi connectivity index (χ3v) is 5.43. The van der Waals surface area contributed by atoms with Crippen LogP contribution < -0.4 is 14.8 Å². The molecule has 2 aliphatic carbocycles. The van der Waals surface area contributed by atoms with Crippen molar-refractivity contribution in [2.45, 2.75) is 38.6 Å². The number of hydrogen-bond donors (Lipinski definition) is 1. The first kappa shape index (κ1) is 13.0. The number of amides is 1. The van der Waals surface area contributed by atoms with Gasteiger partial charge in [-0.1, -0.05) is 6.42 Å². The van der Waals surface area contributed by atoms with Crippen molar-refractivity contribution in [1.82, 2.24) is 5.32 Å². The Morgan fingerprint density at radius 2 is 2.10 bits per heavy atom. The maximum Gasteiger partial charge on any atom is 0.251 e. The van der Waals surface area contributed by atoms with E-state index in [9.17, 15) is 4.79 Å². The molecule has 2 fully saturated rings. The largest absolute Gasteiger partial charge is 0.454 e. The van der Waals surface area contributed by atoms with Gasteiger partial charge in [0.05, 0.1) is 0 Å². The molecule has 1 amide bonds. The molecular weight excluding hydrogens is 266 g/mol. The number of carbonyl (C=O) groups is 1. The molecule has 3 aliphatic rings. The molecule has 112 valence electrons. The minimum absolute atomic E-state index is 0.0106. The molecule has 2 bridgehead atoms. The van der Waals surface area contributed by atoms with Crippen molar-refractivity contribution in [1.29, 1.82) is 0 Å². The van der Waals surface area contributed by atoms with Gasteiger partial charge in [-0.3, -0.25) is 4.79 Å². The molecule has 2 saturated carbocycles. The van der Waals surface area contributed by atoms with Crippen LogP contribution in [0.2, 0.25) is 0 Å². The third-order valence-electron chi connectivity index (χ3n) is 5.43. The van der Waals surface area contributed by atoms with Crippen molar-refractivity contribution in [3.05, 3.63) is 23.8 Å². The highest BCUT2D eigenvalue weighted by Crippen LogP contribution is 2.49. The van der Waals surface area contributed by atoms with Crippen molar-refractivity contribution >= 4 is 5.91 Å². The van der Waals surface area contributed by atoms with Crippen LogP contribution in [0.5, 0.6) is 11.5 Å². The number of carbonyl (C=O) groups excluding carboxylic acids is 1. The molecule has 0 spiro atoms. The smallest absolute Gasteiger partial charge is 0.251 e. The Bertz CT molecular complexity index is 571. The van der Waals surface area contributed by atoms with E-state index in [1.54, 1.807) is 18.2 Å². The van der Waals surface area contributed by atoms with Crippen molar-refractivity contribution in [2.75, 3.05) is 6.79 Å². The topological polar surface area (TPSA) is 47.6 Å². The summed E-state index contributed by atoms with van der Waals surface area (Å²) < 4.78 is 10.6. The summed E-state index contributed by atoms with van der Waals surface area (Å²) in [5.74, 6) is 3.75. The van der Waals surface area contributed by atoms with Crippen LogP contribution in [0.3, 0.4) is 0 Å². The van der Waals surface area contributed by atoms with Gasteiger partial charge in [0, 0.05) is 11.6 Å². The molecule has 1 aromatic rings. The zero-order valence-electron chi connectivity index (χ0n) is 12.3. The van der Waals surface area contributed by atoms with Gasteiger partial charge in [-0.2, -0.15) is 0 Å². The fourth-order valence-corrected chi connectivity index (χ4v) is 4.34. The van der Waals surface area contributed by atoms with Crippen LogP contribution in [-0.2, 0) is 0 Å². The van der Waals surface area contributed by atoms with Gasteiger partial charge in [-0.15, -0.1) is 0 Å². The molecule has 0 aromatic heterocycles. The summed E-state index contributed by atoms with van der Waals surface area (Å²) in [6.45, 7) is 2.39. The molecule has 4 heteroatoms. The zero-order chi connectivity index (χ0) is 14.4. The summed E-state index contributed by atoms with van der Waals surface area (Å²) in [7, 11) is 0. The van der Waals surface area contributed by atoms with Crippen LogP contribution >= 0.6 is 0 Å². The van der Waals surface area contributed by atoms with Crippen molar-refractivity contribution in [3.63, 3.8) is 0 Å². The summed E-state index contributed by atoms with van der Waals surface area (Å²) >= 11 is 0. The quantitative estimate of drug-likeness (QED) is 0.929. The van der Waals surface area contributed by atoms with Crippen LogP contribution in [-0.4, -0.2) is 18.7 Å². The van der Waals surface area contributed by atoms with Crippen LogP contribution in [0, 0.1) is 17.8 Å². The van der Waals surface area contributed by atoms with Crippen molar-refractivity contribution in [3.8, 4) is 11.5 Å². The molecule has 4 nitrogen and oxygen atoms in total. The number of ether oxygens (including phenoxy) is 2. The van der Waals surface area contributed by atoms with Crippen LogP contribution in [0.25, 0.3) is 0 Å². The Morgan fingerprint density at radius 1 is 1.24 bits per heavy atom. The number of benzene rings is 1. The highest BCUT2D eigenvalue weighted by molar-refractivity contribution is 5.95. The van der Waals surface area contributed by atoms with E-state index in [0.717, 1.165) is 11.8 Å². The summed E-state index contributed by atoms with van der Waals surface area (Å²) in [6, 6.07) is 5.62. The fourth-order valence-electron chi connectivity index (χ4n) is 4.34. The standard InChI is InChI=1S/C17H21NO3/c1-10(14-7-11-2-3-12(14)6-11)18-17(19)13-4-5-15-16(8-13)21-9-20-15/h4-5,8,10-12,14H,2-3,6-7,9H2,1H3,(H,18,19)/t10-,11-,12-,14+/m1/s1. The van der Waals surface area contributed by atoms with Crippen LogP contribution in [0.1, 0.15) is 43.0 Å². The van der Waals surface area contributed by atoms with E-state index in [2.05, 4.69) is 12.2 Å². The lowest BCUT2D eigenvalue weighted by molar-refractivity contribution is 0.0915. The Balaban J connectivity index is 1.43. The normalized spacial score (nSPS) is 30.4. The zero-order valence-corrected chi connectivity index (χ0v) is 12.3. The van der Waals surface area contributed by atoms with Crippen LogP contribution in [0.4, 0.5) is 0 Å². The van der Waals surface area contributed by atoms with E-state index >= 15 is 0 Å². The molecule has 1 aliphatic heterocycles. The Hall–Kier alpha value is -1.71. The molecule has 0 radical (unpaired) electrons. The lowest BCUT2D eigenvalue weighted by Gasteiger charge is -2.28. The summed E-state index contributed by atoms with van der Waals surface area (Å²) in [6.07, 6.45) is 5.39. The fraction of sp³-hybridized carbons (Fsp3) is 0.588. The average Bonchev–Trinajstić information content (AvgIpc) is 3.21. The molecule has 1 aromatic carbocycles. The predicted octanol–water partition coefficient (Wildman–Crippen LogP) is 2.97. The Labute approximate surface area is 124 Å². The van der Waals surface area contributed by atoms with Gasteiger partial charge in [0.25, 0.3) is 5.91 Å². The van der Waals surface area contributed by atoms with Crippen LogP contribution in [0.15, 0.2) is 18.2 Å². The van der Waals surface area contributed by atoms with Gasteiger partial charge in [-0.25, -0.2) is 0 Å². The second-order valence-electron chi connectivity index (χ2n) is 6.67. The molecular formula is C17H21NO3. The monoisotopic (exact) mass is 287 g/mol. The second-order valence-corrected chi connectivity index (χ2v) is 6.67. The molecule has 21 heavy (non-hydrogen) atoms. The van der Waals surface area contributed by atoms with Crippen molar-refractivity contribution in [2.24, 2.45) is 17.8 Å². The van der Waals surface area contributed by atoms with Crippen molar-refractivity contribution < 1.29 is 14.3 Å². The summed E-state index contributed by atoms with van der Waals surface area (Å²) in [5, 5.41) is 3.18. The second kappa shape index (κ2) is 4.93. The Kier molecular flexibility index (Phi) is 3.05. The maximum absolute atomic E-state index is 12.4. The van der Waals surface area contributed by atoms with E-state index in [4.69, 9.17) is 9.47 Å². The lowest BCUT2D eigenvalue weighted by atomic mass is 9.84. The number of fused-ring (bicyclic) bond motifs is 3. The Morgan fingerprint density at radius 3 is 2.86 bits per heavy atom. The lowest BCUT2D eigenvalue weighted by Crippen LogP contribution is -2.40. The number of nitrogens with one attached hydrogen (secondary N) is 1. The molecule has 1 N–H and O–H groups in total. The highest BCUT2D eigenvalue weighted by atomic mass is 16.7. The first-order valence-corrected chi connectivity index (χ1v) is 7.91. The SMILES string of the molecule is C[C@@H](NC(=O)c1ccc2c(c1)OCO2)[C@@H]1C[C@@H]2CC[C@@H]1C2. The minimum atomic E-state index is -0.0106. The summed E-state index contributed by atoms with van der Waals surface area (Å²) in [4.78, 5) is 12.4. The minimum Gasteiger partial charge on any atom is -0.454 e. The third kappa shape index (κ3) is 2.27. The first-order chi connectivity index (χ1) is 10.2. The summed E-state index contributed by atoms with van der Waals surface area (Å²) in [5.41, 5.74) is 0.647. The van der Waals surface area contributed by atoms with E-state index in [0.29, 0.717) is 23.0 Å². The average molecular weight is 287 g/mol. The van der Waals surface area contributed by atoms with Gasteiger partial charge in [0.1, 0.15) is 0 Å². The molecule has 0 saturated heterocycles. The number of hydrogen-bond acceptors (Lipinski definition) is 3. The van der Waals surface area contributed by atoms with Gasteiger partial charge in [0.15, 0.2) is 11.5 Å². The molecule has 4 rings (SSSR count). The van der Waals surface area contributed by atoms with Gasteiger partial charge in [0.2, 0.25) is 6.79 Å². The first-order valence-electron chi connectivity index (χ1n) is 7.91. The maximum atomic E-state index is 12.4.